The molecule has 4 heteroatoms. The molecule has 9 aromatic rings. The molecule has 3 aromatic heterocycles. The minimum Gasteiger partial charge on any atom is -0.500 e. The van der Waals surface area contributed by atoms with Gasteiger partial charge in [0.1, 0.15) is 5.58 Å². The number of rotatable bonds is 4. The van der Waals surface area contributed by atoms with Crippen LogP contribution in [0, 0.1) is 31.3 Å². The van der Waals surface area contributed by atoms with Gasteiger partial charge in [0.15, 0.2) is 0 Å². The van der Waals surface area contributed by atoms with Crippen LogP contribution in [0.3, 0.4) is 0 Å². The van der Waals surface area contributed by atoms with Gasteiger partial charge in [0.25, 0.3) is 0 Å². The fourth-order valence-corrected chi connectivity index (χ4v) is 9.06. The Kier molecular flexibility index (Phi) is 8.88. The SMILES string of the molecule is [2H]C([2H])([2H])c1c[c-]c(-c2cc(C(C)(C)C)ccn2)cc1-c1ccccc1.[2H]C([2H])([2H])c1cnc(-c2[c-]ccc3c2oc2c4c5c(ccc6cccc(c65)C(C)(C)C4(C)C)cc23)cc1C([2H])([2H])C(C)(C)C.[Ir]. The number of fused-ring (bicyclic) bond motifs is 4. The van der Waals surface area contributed by atoms with E-state index in [0.717, 1.165) is 38.6 Å². The van der Waals surface area contributed by atoms with E-state index in [4.69, 9.17) is 15.4 Å². The molecular weight excluding hydrogens is 945 g/mol. The zero-order valence-electron chi connectivity index (χ0n) is 45.7. The molecule has 1 aliphatic rings. The Morgan fingerprint density at radius 3 is 2.19 bits per heavy atom. The van der Waals surface area contributed by atoms with Gasteiger partial charge in [0.2, 0.25) is 0 Å². The van der Waals surface area contributed by atoms with Gasteiger partial charge in [0.05, 0.1) is 5.58 Å². The summed E-state index contributed by atoms with van der Waals surface area (Å²) in [7, 11) is 0. The first-order chi connectivity index (χ1) is 32.5. The van der Waals surface area contributed by atoms with Crippen molar-refractivity contribution in [3.8, 4) is 33.6 Å². The van der Waals surface area contributed by atoms with Crippen LogP contribution in [-0.4, -0.2) is 9.97 Å². The van der Waals surface area contributed by atoms with Crippen molar-refractivity contribution < 1.29 is 35.5 Å². The van der Waals surface area contributed by atoms with Gasteiger partial charge in [-0.15, -0.1) is 47.5 Å². The molecule has 0 N–H and O–H groups in total. The van der Waals surface area contributed by atoms with E-state index in [1.165, 1.54) is 39.0 Å². The van der Waals surface area contributed by atoms with E-state index in [0.29, 0.717) is 28.0 Å². The summed E-state index contributed by atoms with van der Waals surface area (Å²) in [5.41, 5.74) is 8.32. The minimum absolute atomic E-state index is 0. The average Bonchev–Trinajstić information content (AvgIpc) is 3.67. The number of nitrogens with zero attached hydrogens (tertiary/aromatic N) is 2. The van der Waals surface area contributed by atoms with Crippen molar-refractivity contribution in [2.45, 2.75) is 106 Å². The van der Waals surface area contributed by atoms with Crippen LogP contribution >= 0.6 is 0 Å². The van der Waals surface area contributed by atoms with Crippen LogP contribution in [0.15, 0.2) is 126 Å². The second kappa shape index (κ2) is 16.0. The Balaban J connectivity index is 0.000000214. The molecule has 0 atom stereocenters. The average molecular weight is 1010 g/mol. The van der Waals surface area contributed by atoms with Crippen LogP contribution in [0.25, 0.3) is 77.1 Å². The van der Waals surface area contributed by atoms with Crippen molar-refractivity contribution in [1.29, 1.82) is 0 Å². The van der Waals surface area contributed by atoms with Crippen molar-refractivity contribution in [3.63, 3.8) is 0 Å². The number of aryl methyl sites for hydroxylation is 2. The van der Waals surface area contributed by atoms with E-state index in [9.17, 15) is 0 Å². The first-order valence-electron chi connectivity index (χ1n) is 25.4. The van der Waals surface area contributed by atoms with Crippen LogP contribution in [0.1, 0.15) is 114 Å². The predicted octanol–water partition coefficient (Wildman–Crippen LogP) is 16.0. The van der Waals surface area contributed by atoms with E-state index in [1.807, 2.05) is 54.6 Å². The summed E-state index contributed by atoms with van der Waals surface area (Å²) in [6.45, 7) is 16.3. The zero-order valence-corrected chi connectivity index (χ0v) is 40.1. The quantitative estimate of drug-likeness (QED) is 0.130. The standard InChI is InChI=1S/C37H36NO.C22H22N.Ir/c1-21-20-38-29(18-24(21)19-35(2,3)4)26-13-10-12-25-27-17-23-16-15-22-11-9-14-28-30(22)31(23)32(34(27)39-33(25)26)37(7,8)36(28,5)6;1-16-10-11-18(14-20(16)17-8-6-5-7-9-17)21-15-19(12-13-23-21)22(2,3)4;/h9-12,14-18,20H,19H2,1-8H3;5-10,12-15H,1-4H3;/q2*-1;/i1D3,19D2;1D3;. The van der Waals surface area contributed by atoms with Crippen molar-refractivity contribution in [2.75, 3.05) is 0 Å². The molecule has 63 heavy (non-hydrogen) atoms. The molecule has 0 fully saturated rings. The van der Waals surface area contributed by atoms with Crippen molar-refractivity contribution in [1.82, 2.24) is 9.97 Å². The molecule has 0 bridgehead atoms. The number of aromatic nitrogens is 2. The molecule has 3 heterocycles. The van der Waals surface area contributed by atoms with Gasteiger partial charge in [-0.3, -0.25) is 0 Å². The first kappa shape index (κ1) is 35.0. The fourth-order valence-electron chi connectivity index (χ4n) is 9.06. The number of benzene rings is 6. The third kappa shape index (κ3) is 7.74. The van der Waals surface area contributed by atoms with Gasteiger partial charge in [0, 0.05) is 59.8 Å². The molecule has 0 spiro atoms. The summed E-state index contributed by atoms with van der Waals surface area (Å²) in [4.78, 5) is 9.05. The van der Waals surface area contributed by atoms with Gasteiger partial charge >= 0.3 is 0 Å². The predicted molar refractivity (Wildman–Crippen MR) is 262 cm³/mol. The van der Waals surface area contributed by atoms with E-state index in [-0.39, 0.29) is 47.5 Å². The molecule has 0 unspecified atom stereocenters. The Hall–Kier alpha value is -5.41. The maximum atomic E-state index is 8.99. The maximum Gasteiger partial charge on any atom is 0.125 e. The number of furan rings is 1. The summed E-state index contributed by atoms with van der Waals surface area (Å²) < 4.78 is 72.8. The van der Waals surface area contributed by atoms with Crippen molar-refractivity contribution in [3.05, 3.63) is 167 Å². The topological polar surface area (TPSA) is 38.9 Å². The molecule has 0 saturated carbocycles. The molecule has 0 amide bonds. The largest absolute Gasteiger partial charge is 0.500 e. The maximum absolute atomic E-state index is 8.99. The second-order valence-corrected chi connectivity index (χ2v) is 19.9. The Bertz CT molecular complexity index is 3520. The Morgan fingerprint density at radius 1 is 0.698 bits per heavy atom. The van der Waals surface area contributed by atoms with Crippen LogP contribution in [0.4, 0.5) is 0 Å². The van der Waals surface area contributed by atoms with Crippen LogP contribution in [0.2, 0.25) is 0 Å². The number of hydrogen-bond acceptors (Lipinski definition) is 3. The third-order valence-electron chi connectivity index (χ3n) is 13.0. The number of pyridine rings is 2. The van der Waals surface area contributed by atoms with E-state index in [2.05, 4.69) is 113 Å². The van der Waals surface area contributed by atoms with Gasteiger partial charge in [-0.05, 0) is 96.8 Å². The van der Waals surface area contributed by atoms with Gasteiger partial charge < -0.3 is 14.4 Å². The van der Waals surface area contributed by atoms with Crippen LogP contribution in [0.5, 0.6) is 0 Å². The zero-order chi connectivity index (χ0) is 50.7. The van der Waals surface area contributed by atoms with Gasteiger partial charge in [-0.2, -0.15) is 0 Å². The van der Waals surface area contributed by atoms with Crippen LogP contribution in [-0.2, 0) is 42.7 Å². The van der Waals surface area contributed by atoms with Gasteiger partial charge in [-0.1, -0.05) is 171 Å². The Morgan fingerprint density at radius 2 is 1.46 bits per heavy atom. The molecular formula is C59H58IrN2O-2. The summed E-state index contributed by atoms with van der Waals surface area (Å²) in [5.74, 6) is 0. The Labute approximate surface area is 399 Å². The molecule has 10 rings (SSSR count). The fraction of sp³-hybridized carbons (Fsp3) is 0.288. The van der Waals surface area contributed by atoms with Crippen molar-refractivity contribution >= 4 is 43.5 Å². The summed E-state index contributed by atoms with van der Waals surface area (Å²) >= 11 is 0. The normalized spacial score (nSPS) is 16.7. The molecule has 1 radical (unpaired) electrons. The molecule has 6 aromatic carbocycles. The molecule has 3 nitrogen and oxygen atoms in total. The minimum atomic E-state index is -2.52. The summed E-state index contributed by atoms with van der Waals surface area (Å²) in [6, 6.07) is 42.2. The smallest absolute Gasteiger partial charge is 0.125 e. The number of hydrogen-bond donors (Lipinski definition) is 0. The monoisotopic (exact) mass is 1010 g/mol. The second-order valence-electron chi connectivity index (χ2n) is 19.9. The third-order valence-corrected chi connectivity index (χ3v) is 13.0. The van der Waals surface area contributed by atoms with E-state index in [1.54, 1.807) is 39.1 Å². The van der Waals surface area contributed by atoms with Gasteiger partial charge in [-0.25, -0.2) is 0 Å². The van der Waals surface area contributed by atoms with Crippen molar-refractivity contribution in [2.24, 2.45) is 5.41 Å². The summed E-state index contributed by atoms with van der Waals surface area (Å²) in [6.07, 6.45) is 1.16. The van der Waals surface area contributed by atoms with Crippen LogP contribution < -0.4 is 0 Å². The molecule has 0 saturated heterocycles. The summed E-state index contributed by atoms with van der Waals surface area (Å²) in [5, 5.41) is 6.79. The van der Waals surface area contributed by atoms with E-state index >= 15 is 0 Å². The molecule has 321 valence electrons. The first-order valence-corrected chi connectivity index (χ1v) is 21.4. The molecule has 1 aliphatic carbocycles. The molecule has 0 aliphatic heterocycles. The van der Waals surface area contributed by atoms with E-state index < -0.39 is 25.5 Å².